The van der Waals surface area contributed by atoms with E-state index in [1.54, 1.807) is 25.9 Å². The van der Waals surface area contributed by atoms with Crippen LogP contribution in [0.5, 0.6) is 0 Å². The molecule has 0 bridgehead atoms. The van der Waals surface area contributed by atoms with Crippen molar-refractivity contribution >= 4 is 12.4 Å². The van der Waals surface area contributed by atoms with Gasteiger partial charge in [-0.3, -0.25) is 15.1 Å². The van der Waals surface area contributed by atoms with E-state index in [0.717, 1.165) is 4.90 Å². The molecule has 0 rings (SSSR count). The highest BCUT2D eigenvalue weighted by atomic mass is 16.2. The summed E-state index contributed by atoms with van der Waals surface area (Å²) in [6.07, 6.45) is 0.536. The largest absolute Gasteiger partial charge is 0.338 e. The fraction of sp³-hybridized carbons (Fsp3) is 0.778. The van der Waals surface area contributed by atoms with Crippen LogP contribution in [0, 0.1) is 0 Å². The van der Waals surface area contributed by atoms with Gasteiger partial charge in [-0.15, -0.1) is 0 Å². The average Bonchev–Trinajstić information content (AvgIpc) is 2.04. The van der Waals surface area contributed by atoms with Crippen molar-refractivity contribution in [1.29, 1.82) is 0 Å². The lowest BCUT2D eigenvalue weighted by Gasteiger charge is -2.26. The minimum Gasteiger partial charge on any atom is -0.278 e. The Morgan fingerprint density at radius 3 is 2.00 bits per heavy atom. The molecule has 0 aromatic heterocycles. The Morgan fingerprint density at radius 2 is 1.71 bits per heavy atom. The number of urea groups is 1. The number of nitrogens with zero attached hydrogens (tertiary/aromatic N) is 2. The summed E-state index contributed by atoms with van der Waals surface area (Å²) in [4.78, 5) is 23.2. The minimum absolute atomic E-state index is 0.131. The molecule has 0 spiro atoms. The SMILES string of the molecule is CC(C)N(C)NC(=O)N(C=O)C(C)C. The van der Waals surface area contributed by atoms with Gasteiger partial charge in [-0.2, -0.15) is 0 Å². The van der Waals surface area contributed by atoms with Crippen molar-refractivity contribution in [2.45, 2.75) is 39.8 Å². The summed E-state index contributed by atoms with van der Waals surface area (Å²) < 4.78 is 0. The van der Waals surface area contributed by atoms with Gasteiger partial charge in [-0.25, -0.2) is 9.80 Å². The number of hydrogen-bond acceptors (Lipinski definition) is 3. The van der Waals surface area contributed by atoms with Crippen LogP contribution < -0.4 is 5.43 Å². The first-order chi connectivity index (χ1) is 6.40. The van der Waals surface area contributed by atoms with Gasteiger partial charge in [0.15, 0.2) is 0 Å². The van der Waals surface area contributed by atoms with Crippen molar-refractivity contribution in [3.8, 4) is 0 Å². The Morgan fingerprint density at radius 1 is 1.21 bits per heavy atom. The third-order valence-corrected chi connectivity index (χ3v) is 1.95. The molecule has 0 fully saturated rings. The van der Waals surface area contributed by atoms with Gasteiger partial charge >= 0.3 is 6.03 Å². The second-order valence-electron chi connectivity index (χ2n) is 3.73. The van der Waals surface area contributed by atoms with Crippen molar-refractivity contribution < 1.29 is 9.59 Å². The first-order valence-corrected chi connectivity index (χ1v) is 4.67. The van der Waals surface area contributed by atoms with E-state index in [2.05, 4.69) is 5.43 Å². The van der Waals surface area contributed by atoms with Gasteiger partial charge in [0.1, 0.15) is 0 Å². The van der Waals surface area contributed by atoms with Crippen molar-refractivity contribution in [3.05, 3.63) is 0 Å². The second kappa shape index (κ2) is 5.59. The highest BCUT2D eigenvalue weighted by Gasteiger charge is 2.17. The summed E-state index contributed by atoms with van der Waals surface area (Å²) in [5.41, 5.74) is 2.60. The average molecular weight is 201 g/mol. The molecule has 0 saturated heterocycles. The third kappa shape index (κ3) is 3.74. The van der Waals surface area contributed by atoms with Crippen molar-refractivity contribution in [2.75, 3.05) is 7.05 Å². The van der Waals surface area contributed by atoms with E-state index >= 15 is 0 Å². The molecule has 0 aliphatic rings. The quantitative estimate of drug-likeness (QED) is 0.541. The van der Waals surface area contributed by atoms with Crippen LogP contribution in [0.4, 0.5) is 4.79 Å². The normalized spacial score (nSPS) is 10.9. The molecule has 0 unspecified atom stereocenters. The van der Waals surface area contributed by atoms with Crippen LogP contribution in [0.2, 0.25) is 0 Å². The highest BCUT2D eigenvalue weighted by molar-refractivity contribution is 5.84. The molecule has 0 heterocycles. The molecule has 0 saturated carbocycles. The maximum atomic E-state index is 11.5. The Balaban J connectivity index is 4.25. The zero-order valence-electron chi connectivity index (χ0n) is 9.44. The molecule has 0 aromatic carbocycles. The molecule has 3 amide bonds. The van der Waals surface area contributed by atoms with E-state index in [0.29, 0.717) is 6.41 Å². The highest BCUT2D eigenvalue weighted by Crippen LogP contribution is 1.96. The molecule has 0 aromatic rings. The Hall–Kier alpha value is -1.10. The Kier molecular flexibility index (Phi) is 5.15. The van der Waals surface area contributed by atoms with Crippen LogP contribution in [-0.2, 0) is 4.79 Å². The molecular weight excluding hydrogens is 182 g/mol. The van der Waals surface area contributed by atoms with E-state index in [9.17, 15) is 9.59 Å². The van der Waals surface area contributed by atoms with Crippen molar-refractivity contribution in [3.63, 3.8) is 0 Å². The summed E-state index contributed by atoms with van der Waals surface area (Å²) in [5.74, 6) is 0. The minimum atomic E-state index is -0.397. The molecule has 14 heavy (non-hydrogen) atoms. The number of carbonyl (C=O) groups excluding carboxylic acids is 2. The predicted molar refractivity (Wildman–Crippen MR) is 54.5 cm³/mol. The van der Waals surface area contributed by atoms with E-state index in [4.69, 9.17) is 0 Å². The maximum absolute atomic E-state index is 11.5. The van der Waals surface area contributed by atoms with Gasteiger partial charge < -0.3 is 0 Å². The van der Waals surface area contributed by atoms with E-state index < -0.39 is 6.03 Å². The first kappa shape index (κ1) is 12.9. The number of imide groups is 1. The van der Waals surface area contributed by atoms with Gasteiger partial charge in [-0.1, -0.05) is 0 Å². The summed E-state index contributed by atoms with van der Waals surface area (Å²) >= 11 is 0. The number of hydrogen-bond donors (Lipinski definition) is 1. The topological polar surface area (TPSA) is 52.7 Å². The fourth-order valence-corrected chi connectivity index (χ4v) is 0.742. The van der Waals surface area contributed by atoms with E-state index in [1.807, 2.05) is 13.8 Å². The van der Waals surface area contributed by atoms with E-state index in [1.165, 1.54) is 0 Å². The number of rotatable bonds is 4. The first-order valence-electron chi connectivity index (χ1n) is 4.67. The van der Waals surface area contributed by atoms with Crippen LogP contribution in [0.1, 0.15) is 27.7 Å². The number of carbonyl (C=O) groups is 2. The maximum Gasteiger partial charge on any atom is 0.338 e. The summed E-state index contributed by atoms with van der Waals surface area (Å²) in [7, 11) is 1.76. The molecule has 5 nitrogen and oxygen atoms in total. The lowest BCUT2D eigenvalue weighted by molar-refractivity contribution is -0.117. The van der Waals surface area contributed by atoms with Crippen LogP contribution in [-0.4, -0.2) is 41.5 Å². The number of nitrogens with one attached hydrogen (secondary N) is 1. The molecule has 0 atom stereocenters. The van der Waals surface area contributed by atoms with Gasteiger partial charge in [0.25, 0.3) is 0 Å². The monoisotopic (exact) mass is 201 g/mol. The molecule has 0 radical (unpaired) electrons. The Bertz CT molecular complexity index is 204. The summed E-state index contributed by atoms with van der Waals surface area (Å²) in [5, 5.41) is 1.65. The van der Waals surface area contributed by atoms with Gasteiger partial charge in [0.05, 0.1) is 0 Å². The van der Waals surface area contributed by atoms with Gasteiger partial charge in [0, 0.05) is 19.1 Å². The lowest BCUT2D eigenvalue weighted by atomic mass is 10.3. The molecule has 1 N–H and O–H groups in total. The predicted octanol–water partition coefficient (Wildman–Crippen LogP) is 0.818. The van der Waals surface area contributed by atoms with Crippen molar-refractivity contribution in [1.82, 2.24) is 15.3 Å². The van der Waals surface area contributed by atoms with E-state index in [-0.39, 0.29) is 12.1 Å². The van der Waals surface area contributed by atoms with Crippen LogP contribution in [0.3, 0.4) is 0 Å². The molecular formula is C9H19N3O2. The molecule has 82 valence electrons. The number of hydrazine groups is 1. The summed E-state index contributed by atoms with van der Waals surface area (Å²) in [6, 6.07) is -0.334. The standard InChI is InChI=1S/C9H19N3O2/c1-7(2)11(5)10-9(14)12(6-13)8(3)4/h6-8H,1-5H3,(H,10,14). The summed E-state index contributed by atoms with van der Waals surface area (Å²) in [6.45, 7) is 7.45. The second-order valence-corrected chi connectivity index (χ2v) is 3.73. The van der Waals surface area contributed by atoms with Crippen LogP contribution >= 0.6 is 0 Å². The van der Waals surface area contributed by atoms with Crippen LogP contribution in [0.15, 0.2) is 0 Å². The zero-order valence-corrected chi connectivity index (χ0v) is 9.44. The zero-order chi connectivity index (χ0) is 11.3. The molecule has 0 aliphatic carbocycles. The fourth-order valence-electron chi connectivity index (χ4n) is 0.742. The van der Waals surface area contributed by atoms with Gasteiger partial charge in [-0.05, 0) is 27.7 Å². The Labute approximate surface area is 85.0 Å². The lowest BCUT2D eigenvalue weighted by Crippen LogP contribution is -2.51. The smallest absolute Gasteiger partial charge is 0.278 e. The third-order valence-electron chi connectivity index (χ3n) is 1.95. The molecule has 5 heteroatoms. The van der Waals surface area contributed by atoms with Crippen molar-refractivity contribution in [2.24, 2.45) is 0 Å². The van der Waals surface area contributed by atoms with Gasteiger partial charge in [0.2, 0.25) is 6.41 Å². The number of amides is 3. The van der Waals surface area contributed by atoms with Crippen LogP contribution in [0.25, 0.3) is 0 Å². The molecule has 0 aliphatic heterocycles.